The first-order chi connectivity index (χ1) is 8.63. The van der Waals surface area contributed by atoms with Gasteiger partial charge in [0, 0.05) is 25.4 Å². The summed E-state index contributed by atoms with van der Waals surface area (Å²) in [6.45, 7) is 0.235. The van der Waals surface area contributed by atoms with E-state index in [1.165, 1.54) is 12.8 Å². The highest BCUT2D eigenvalue weighted by molar-refractivity contribution is 5.85. The van der Waals surface area contributed by atoms with Gasteiger partial charge in [0.2, 0.25) is 5.91 Å². The van der Waals surface area contributed by atoms with Gasteiger partial charge in [-0.05, 0) is 19.3 Å². The minimum atomic E-state index is -0.614. The number of aromatic nitrogens is 2. The number of fused-ring (bicyclic) bond motifs is 1. The van der Waals surface area contributed by atoms with Crippen LogP contribution >= 0.6 is 12.4 Å². The Balaban J connectivity index is 0.00000180. The van der Waals surface area contributed by atoms with Gasteiger partial charge >= 0.3 is 0 Å². The smallest absolute Gasteiger partial charge is 0.239 e. The quantitative estimate of drug-likeness (QED) is 0.835. The molecule has 7 heteroatoms. The second-order valence-corrected chi connectivity index (χ2v) is 4.69. The first-order valence-corrected chi connectivity index (χ1v) is 6.19. The number of ether oxygens (including phenoxy) is 1. The van der Waals surface area contributed by atoms with Crippen molar-refractivity contribution in [1.29, 1.82) is 0 Å². The van der Waals surface area contributed by atoms with Crippen molar-refractivity contribution in [3.8, 4) is 0 Å². The van der Waals surface area contributed by atoms with Crippen molar-refractivity contribution in [3.05, 3.63) is 17.5 Å². The Bertz CT molecular complexity index is 435. The molecule has 0 aliphatic heterocycles. The van der Waals surface area contributed by atoms with E-state index in [1.54, 1.807) is 0 Å². The molecule has 0 saturated carbocycles. The molecule has 1 aliphatic rings. The predicted molar refractivity (Wildman–Crippen MR) is 74.1 cm³/mol. The van der Waals surface area contributed by atoms with Gasteiger partial charge < -0.3 is 15.8 Å². The van der Waals surface area contributed by atoms with Gasteiger partial charge in [0.15, 0.2) is 0 Å². The van der Waals surface area contributed by atoms with Crippen LogP contribution in [0.15, 0.2) is 6.20 Å². The number of hydrogen-bond acceptors (Lipinski definition) is 4. The molecular formula is C12H21ClN4O2. The van der Waals surface area contributed by atoms with Crippen LogP contribution < -0.4 is 11.1 Å². The van der Waals surface area contributed by atoms with Crippen LogP contribution in [0.2, 0.25) is 0 Å². The van der Waals surface area contributed by atoms with Crippen molar-refractivity contribution in [3.63, 3.8) is 0 Å². The molecule has 2 unspecified atom stereocenters. The summed E-state index contributed by atoms with van der Waals surface area (Å²) in [5.41, 5.74) is 8.03. The van der Waals surface area contributed by atoms with Crippen LogP contribution in [0.25, 0.3) is 0 Å². The Kier molecular flexibility index (Phi) is 5.78. The number of carbonyl (C=O) groups is 1. The molecule has 2 atom stereocenters. The van der Waals surface area contributed by atoms with Crippen LogP contribution in [0.4, 0.5) is 0 Å². The molecule has 6 nitrogen and oxygen atoms in total. The van der Waals surface area contributed by atoms with Gasteiger partial charge in [-0.25, -0.2) is 0 Å². The highest BCUT2D eigenvalue weighted by atomic mass is 35.5. The highest BCUT2D eigenvalue weighted by Crippen LogP contribution is 2.28. The predicted octanol–water partition coefficient (Wildman–Crippen LogP) is 0.309. The summed E-state index contributed by atoms with van der Waals surface area (Å²) >= 11 is 0. The zero-order chi connectivity index (χ0) is 13.1. The number of hydrogen-bond donors (Lipinski definition) is 2. The number of amides is 1. The number of aryl methyl sites for hydroxylation is 1. The molecule has 0 bridgehead atoms. The van der Waals surface area contributed by atoms with E-state index in [0.717, 1.165) is 24.8 Å². The standard InChI is InChI=1S/C12H20N4O2.ClH/c1-16-11-5-3-4-10(8(11)6-14-16)15-12(17)9(13)7-18-2;/h6,9-10H,3-5,7,13H2,1-2H3,(H,15,17);1H. The molecule has 0 saturated heterocycles. The first kappa shape index (κ1) is 15.9. The molecule has 3 N–H and O–H groups in total. The minimum absolute atomic E-state index is 0. The molecule has 2 rings (SSSR count). The molecule has 1 aromatic rings. The van der Waals surface area contributed by atoms with Crippen molar-refractivity contribution in [2.75, 3.05) is 13.7 Å². The summed E-state index contributed by atoms with van der Waals surface area (Å²) in [6, 6.07) is -0.588. The number of nitrogens with two attached hydrogens (primary N) is 1. The van der Waals surface area contributed by atoms with E-state index in [0.29, 0.717) is 0 Å². The SMILES string of the molecule is COCC(N)C(=O)NC1CCCc2c1cnn2C.Cl. The average Bonchev–Trinajstić information content (AvgIpc) is 2.73. The lowest BCUT2D eigenvalue weighted by molar-refractivity contribution is -0.124. The second kappa shape index (κ2) is 6.88. The van der Waals surface area contributed by atoms with Gasteiger partial charge in [-0.2, -0.15) is 5.10 Å². The normalized spacial score (nSPS) is 19.2. The van der Waals surface area contributed by atoms with Crippen LogP contribution in [-0.4, -0.2) is 35.4 Å². The van der Waals surface area contributed by atoms with E-state index in [4.69, 9.17) is 10.5 Å². The molecule has 19 heavy (non-hydrogen) atoms. The summed E-state index contributed by atoms with van der Waals surface area (Å²) < 4.78 is 6.76. The number of nitrogens with one attached hydrogen (secondary N) is 1. The zero-order valence-electron chi connectivity index (χ0n) is 11.3. The Morgan fingerprint density at radius 1 is 1.74 bits per heavy atom. The van der Waals surface area contributed by atoms with Gasteiger partial charge in [-0.15, -0.1) is 12.4 Å². The molecule has 108 valence electrons. The van der Waals surface area contributed by atoms with Crippen LogP contribution in [0, 0.1) is 0 Å². The fourth-order valence-corrected chi connectivity index (χ4v) is 2.39. The molecule has 1 aromatic heterocycles. The van der Waals surface area contributed by atoms with Crippen molar-refractivity contribution in [2.45, 2.75) is 31.3 Å². The van der Waals surface area contributed by atoms with Crippen LogP contribution in [-0.2, 0) is 23.0 Å². The number of nitrogens with zero attached hydrogens (tertiary/aromatic N) is 2. The molecule has 1 amide bonds. The van der Waals surface area contributed by atoms with Crippen molar-refractivity contribution in [2.24, 2.45) is 12.8 Å². The summed E-state index contributed by atoms with van der Waals surface area (Å²) in [5, 5.41) is 7.22. The lowest BCUT2D eigenvalue weighted by atomic mass is 9.93. The van der Waals surface area contributed by atoms with Gasteiger partial charge in [0.05, 0.1) is 18.8 Å². The molecule has 0 spiro atoms. The van der Waals surface area contributed by atoms with Crippen molar-refractivity contribution in [1.82, 2.24) is 15.1 Å². The van der Waals surface area contributed by atoms with E-state index in [9.17, 15) is 4.79 Å². The van der Waals surface area contributed by atoms with Crippen molar-refractivity contribution >= 4 is 18.3 Å². The third-order valence-electron chi connectivity index (χ3n) is 3.38. The molecular weight excluding hydrogens is 268 g/mol. The van der Waals surface area contributed by atoms with Crippen LogP contribution in [0.5, 0.6) is 0 Å². The van der Waals surface area contributed by atoms with Gasteiger partial charge in [0.25, 0.3) is 0 Å². The Morgan fingerprint density at radius 2 is 2.47 bits per heavy atom. The Morgan fingerprint density at radius 3 is 3.16 bits per heavy atom. The topological polar surface area (TPSA) is 82.2 Å². The molecule has 0 radical (unpaired) electrons. The fraction of sp³-hybridized carbons (Fsp3) is 0.667. The van der Waals surface area contributed by atoms with E-state index in [1.807, 2.05) is 17.9 Å². The number of methoxy groups -OCH3 is 1. The molecule has 0 fully saturated rings. The summed E-state index contributed by atoms with van der Waals surface area (Å²) in [5.74, 6) is -0.168. The largest absolute Gasteiger partial charge is 0.383 e. The average molecular weight is 289 g/mol. The zero-order valence-corrected chi connectivity index (χ0v) is 12.1. The Labute approximate surface area is 119 Å². The molecule has 0 aromatic carbocycles. The lowest BCUT2D eigenvalue weighted by Crippen LogP contribution is -2.45. The second-order valence-electron chi connectivity index (χ2n) is 4.69. The van der Waals surface area contributed by atoms with Crippen LogP contribution in [0.3, 0.4) is 0 Å². The first-order valence-electron chi connectivity index (χ1n) is 6.19. The number of carbonyl (C=O) groups excluding carboxylic acids is 1. The number of rotatable bonds is 4. The van der Waals surface area contributed by atoms with Crippen molar-refractivity contribution < 1.29 is 9.53 Å². The third-order valence-corrected chi connectivity index (χ3v) is 3.38. The van der Waals surface area contributed by atoms with Crippen LogP contribution in [0.1, 0.15) is 30.1 Å². The van der Waals surface area contributed by atoms with Gasteiger partial charge in [-0.1, -0.05) is 0 Å². The summed E-state index contributed by atoms with van der Waals surface area (Å²) in [6.07, 6.45) is 4.84. The van der Waals surface area contributed by atoms with E-state index in [-0.39, 0.29) is 31.0 Å². The maximum atomic E-state index is 11.9. The van der Waals surface area contributed by atoms with Gasteiger partial charge in [0.1, 0.15) is 6.04 Å². The van der Waals surface area contributed by atoms with E-state index >= 15 is 0 Å². The van der Waals surface area contributed by atoms with E-state index < -0.39 is 6.04 Å². The van der Waals surface area contributed by atoms with E-state index in [2.05, 4.69) is 10.4 Å². The maximum absolute atomic E-state index is 11.9. The molecule has 1 heterocycles. The minimum Gasteiger partial charge on any atom is -0.383 e. The number of halogens is 1. The maximum Gasteiger partial charge on any atom is 0.239 e. The Hall–Kier alpha value is -1.11. The lowest BCUT2D eigenvalue weighted by Gasteiger charge is -2.25. The fourth-order valence-electron chi connectivity index (χ4n) is 2.39. The third kappa shape index (κ3) is 3.46. The molecule has 1 aliphatic carbocycles. The summed E-state index contributed by atoms with van der Waals surface area (Å²) in [4.78, 5) is 11.9. The van der Waals surface area contributed by atoms with Gasteiger partial charge in [-0.3, -0.25) is 9.48 Å². The monoisotopic (exact) mass is 288 g/mol. The highest BCUT2D eigenvalue weighted by Gasteiger charge is 2.26. The summed E-state index contributed by atoms with van der Waals surface area (Å²) in [7, 11) is 3.46.